The molecule has 1 saturated heterocycles. The molecule has 2 rings (SSSR count). The normalized spacial score (nSPS) is 16.4. The first-order chi connectivity index (χ1) is 6.75. The van der Waals surface area contributed by atoms with E-state index in [9.17, 15) is 4.79 Å². The molecule has 0 atom stereocenters. The lowest BCUT2D eigenvalue weighted by atomic mass is 10.2. The molecule has 1 aliphatic heterocycles. The molecular weight excluding hydrogens is 244 g/mol. The van der Waals surface area contributed by atoms with Gasteiger partial charge in [-0.25, -0.2) is 5.43 Å². The molecule has 0 unspecified atom stereocenters. The van der Waals surface area contributed by atoms with E-state index in [1.807, 2.05) is 24.3 Å². The third-order valence-electron chi connectivity index (χ3n) is 2.17. The molecule has 74 valence electrons. The van der Waals surface area contributed by atoms with Gasteiger partial charge in [0.05, 0.1) is 6.54 Å². The highest BCUT2D eigenvalue weighted by Gasteiger charge is 2.19. The van der Waals surface area contributed by atoms with Crippen molar-refractivity contribution < 1.29 is 4.79 Å². The van der Waals surface area contributed by atoms with Crippen LogP contribution >= 0.6 is 15.9 Å². The van der Waals surface area contributed by atoms with Gasteiger partial charge in [-0.1, -0.05) is 28.1 Å². The molecule has 14 heavy (non-hydrogen) atoms. The van der Waals surface area contributed by atoms with Crippen LogP contribution in [0, 0.1) is 0 Å². The topological polar surface area (TPSA) is 32.3 Å². The molecule has 0 saturated carbocycles. The predicted molar refractivity (Wildman–Crippen MR) is 57.3 cm³/mol. The second-order valence-electron chi connectivity index (χ2n) is 3.27. The maximum atomic E-state index is 11.3. The molecular formula is C10H11BrN2O. The second-order valence-corrected chi connectivity index (χ2v) is 4.18. The first-order valence-electron chi connectivity index (χ1n) is 4.54. The summed E-state index contributed by atoms with van der Waals surface area (Å²) >= 11 is 3.40. The summed E-state index contributed by atoms with van der Waals surface area (Å²) in [6, 6.07) is 7.98. The lowest BCUT2D eigenvalue weighted by molar-refractivity contribution is -0.130. The number of amides is 1. The van der Waals surface area contributed by atoms with Crippen LogP contribution in [0.5, 0.6) is 0 Å². The van der Waals surface area contributed by atoms with Crippen molar-refractivity contribution in [3.8, 4) is 0 Å². The molecule has 4 heteroatoms. The number of carbonyl (C=O) groups excluding carboxylic acids is 1. The van der Waals surface area contributed by atoms with Gasteiger partial charge in [-0.2, -0.15) is 0 Å². The standard InChI is InChI=1S/C10H11BrN2O/c11-9-3-1-2-8(6-9)7-13-10(14)4-5-12-13/h1-3,6,12H,4-5,7H2. The Balaban J connectivity index is 2.07. The molecule has 3 nitrogen and oxygen atoms in total. The molecule has 1 heterocycles. The Hall–Kier alpha value is -0.870. The first kappa shape index (κ1) is 9.68. The third-order valence-corrected chi connectivity index (χ3v) is 2.67. The fraction of sp³-hybridized carbons (Fsp3) is 0.300. The molecule has 1 N–H and O–H groups in total. The smallest absolute Gasteiger partial charge is 0.238 e. The Morgan fingerprint density at radius 2 is 2.36 bits per heavy atom. The molecule has 1 aromatic rings. The number of nitrogens with zero attached hydrogens (tertiary/aromatic N) is 1. The summed E-state index contributed by atoms with van der Waals surface area (Å²) in [6.07, 6.45) is 0.605. The number of benzene rings is 1. The molecule has 1 aromatic carbocycles. The van der Waals surface area contributed by atoms with Crippen LogP contribution in [-0.4, -0.2) is 17.5 Å². The van der Waals surface area contributed by atoms with Crippen molar-refractivity contribution in [1.82, 2.24) is 10.4 Å². The van der Waals surface area contributed by atoms with Crippen molar-refractivity contribution in [1.29, 1.82) is 0 Å². The van der Waals surface area contributed by atoms with Crippen LogP contribution in [0.15, 0.2) is 28.7 Å². The lowest BCUT2D eigenvalue weighted by Crippen LogP contribution is -2.33. The number of hydrogen-bond acceptors (Lipinski definition) is 2. The summed E-state index contributed by atoms with van der Waals surface area (Å²) in [4.78, 5) is 11.3. The number of nitrogens with one attached hydrogen (secondary N) is 1. The summed E-state index contributed by atoms with van der Waals surface area (Å²) in [5, 5.41) is 1.67. The number of rotatable bonds is 2. The lowest BCUT2D eigenvalue weighted by Gasteiger charge is -2.15. The van der Waals surface area contributed by atoms with Crippen LogP contribution < -0.4 is 5.43 Å². The fourth-order valence-electron chi connectivity index (χ4n) is 1.48. The molecule has 1 aliphatic rings. The summed E-state index contributed by atoms with van der Waals surface area (Å²) in [5.41, 5.74) is 4.17. The van der Waals surface area contributed by atoms with Gasteiger partial charge in [-0.3, -0.25) is 9.80 Å². The van der Waals surface area contributed by atoms with E-state index in [4.69, 9.17) is 0 Å². The average molecular weight is 255 g/mol. The predicted octanol–water partition coefficient (Wildman–Crippen LogP) is 1.69. The quantitative estimate of drug-likeness (QED) is 0.872. The van der Waals surface area contributed by atoms with E-state index in [1.54, 1.807) is 5.01 Å². The second kappa shape index (κ2) is 4.11. The van der Waals surface area contributed by atoms with Gasteiger partial charge < -0.3 is 0 Å². The van der Waals surface area contributed by atoms with Crippen LogP contribution in [0.2, 0.25) is 0 Å². The Bertz CT molecular complexity index is 354. The van der Waals surface area contributed by atoms with Crippen LogP contribution in [0.25, 0.3) is 0 Å². The van der Waals surface area contributed by atoms with Crippen molar-refractivity contribution in [3.63, 3.8) is 0 Å². The van der Waals surface area contributed by atoms with Gasteiger partial charge in [0.1, 0.15) is 0 Å². The van der Waals surface area contributed by atoms with E-state index >= 15 is 0 Å². The Labute approximate surface area is 91.2 Å². The van der Waals surface area contributed by atoms with Crippen molar-refractivity contribution >= 4 is 21.8 Å². The highest BCUT2D eigenvalue weighted by atomic mass is 79.9. The fourth-order valence-corrected chi connectivity index (χ4v) is 1.93. The maximum absolute atomic E-state index is 11.3. The van der Waals surface area contributed by atoms with E-state index in [0.717, 1.165) is 16.6 Å². The molecule has 0 aliphatic carbocycles. The minimum atomic E-state index is 0.171. The van der Waals surface area contributed by atoms with Gasteiger partial charge in [0.15, 0.2) is 0 Å². The zero-order valence-electron chi connectivity index (χ0n) is 7.66. The van der Waals surface area contributed by atoms with Gasteiger partial charge in [0, 0.05) is 17.4 Å². The summed E-state index contributed by atoms with van der Waals surface area (Å²) < 4.78 is 1.04. The number of halogens is 1. The Kier molecular flexibility index (Phi) is 2.84. The largest absolute Gasteiger partial charge is 0.274 e. The van der Waals surface area contributed by atoms with Gasteiger partial charge in [0.25, 0.3) is 0 Å². The first-order valence-corrected chi connectivity index (χ1v) is 5.33. The summed E-state index contributed by atoms with van der Waals surface area (Å²) in [6.45, 7) is 1.39. The monoisotopic (exact) mass is 254 g/mol. The minimum absolute atomic E-state index is 0.171. The number of hydrogen-bond donors (Lipinski definition) is 1. The molecule has 1 amide bonds. The van der Waals surface area contributed by atoms with Crippen molar-refractivity contribution in [2.24, 2.45) is 0 Å². The van der Waals surface area contributed by atoms with Crippen LogP contribution in [0.3, 0.4) is 0 Å². The highest BCUT2D eigenvalue weighted by molar-refractivity contribution is 9.10. The molecule has 0 radical (unpaired) electrons. The molecule has 0 spiro atoms. The third kappa shape index (κ3) is 2.13. The number of carbonyl (C=O) groups is 1. The van der Waals surface area contributed by atoms with Gasteiger partial charge in [-0.15, -0.1) is 0 Å². The van der Waals surface area contributed by atoms with E-state index in [2.05, 4.69) is 21.4 Å². The van der Waals surface area contributed by atoms with E-state index < -0.39 is 0 Å². The Morgan fingerprint density at radius 1 is 1.50 bits per heavy atom. The van der Waals surface area contributed by atoms with Crippen LogP contribution in [0.1, 0.15) is 12.0 Å². The van der Waals surface area contributed by atoms with E-state index in [0.29, 0.717) is 13.0 Å². The maximum Gasteiger partial charge on any atom is 0.238 e. The molecule has 0 aromatic heterocycles. The van der Waals surface area contributed by atoms with E-state index in [1.165, 1.54) is 0 Å². The Morgan fingerprint density at radius 3 is 3.00 bits per heavy atom. The van der Waals surface area contributed by atoms with Crippen molar-refractivity contribution in [2.75, 3.05) is 6.54 Å². The van der Waals surface area contributed by atoms with E-state index in [-0.39, 0.29) is 5.91 Å². The van der Waals surface area contributed by atoms with Crippen LogP contribution in [-0.2, 0) is 11.3 Å². The van der Waals surface area contributed by atoms with Gasteiger partial charge in [0.2, 0.25) is 5.91 Å². The molecule has 0 bridgehead atoms. The minimum Gasteiger partial charge on any atom is -0.274 e. The molecule has 1 fully saturated rings. The zero-order chi connectivity index (χ0) is 9.97. The number of hydrazine groups is 1. The average Bonchev–Trinajstić information content (AvgIpc) is 2.52. The highest BCUT2D eigenvalue weighted by Crippen LogP contribution is 2.14. The van der Waals surface area contributed by atoms with Crippen molar-refractivity contribution in [2.45, 2.75) is 13.0 Å². The zero-order valence-corrected chi connectivity index (χ0v) is 9.25. The van der Waals surface area contributed by atoms with Crippen LogP contribution in [0.4, 0.5) is 0 Å². The summed E-state index contributed by atoms with van der Waals surface area (Å²) in [7, 11) is 0. The summed E-state index contributed by atoms with van der Waals surface area (Å²) in [5.74, 6) is 0.171. The van der Waals surface area contributed by atoms with Gasteiger partial charge >= 0.3 is 0 Å². The van der Waals surface area contributed by atoms with Crippen molar-refractivity contribution in [3.05, 3.63) is 34.3 Å². The SMILES string of the molecule is O=C1CCNN1Cc1cccc(Br)c1. The van der Waals surface area contributed by atoms with Gasteiger partial charge in [-0.05, 0) is 17.7 Å².